The lowest BCUT2D eigenvalue weighted by atomic mass is 10.0. The van der Waals surface area contributed by atoms with Gasteiger partial charge in [-0.25, -0.2) is 13.5 Å². The van der Waals surface area contributed by atoms with Gasteiger partial charge < -0.3 is 15.5 Å². The fraction of sp³-hybridized carbons (Fsp3) is 0.250. The minimum Gasteiger partial charge on any atom is -0.373 e. The first-order valence-corrected chi connectivity index (χ1v) is 15.0. The Labute approximate surface area is 263 Å². The minimum absolute atomic E-state index is 0.0571. The number of likely N-dealkylation sites (tertiary alicyclic amines) is 1. The van der Waals surface area contributed by atoms with Crippen molar-refractivity contribution >= 4 is 51.2 Å². The first-order chi connectivity index (χ1) is 21.3. The van der Waals surface area contributed by atoms with Gasteiger partial charge in [-0.2, -0.15) is 5.26 Å². The molecule has 0 amide bonds. The van der Waals surface area contributed by atoms with E-state index >= 15 is 0 Å². The highest BCUT2D eigenvalue weighted by Crippen LogP contribution is 2.37. The number of anilines is 3. The Morgan fingerprint density at radius 1 is 1.02 bits per heavy atom. The molecule has 1 atom stereocenters. The molecule has 224 valence electrons. The molecule has 8 nitrogen and oxygen atoms in total. The quantitative estimate of drug-likeness (QED) is 0.180. The molecular formula is C32H28Cl2F2N8. The summed E-state index contributed by atoms with van der Waals surface area (Å²) in [6.07, 6.45) is 5.33. The smallest absolute Gasteiger partial charge is 0.141 e. The topological polar surface area (TPSA) is 94.7 Å². The van der Waals surface area contributed by atoms with Crippen LogP contribution in [0.5, 0.6) is 0 Å². The van der Waals surface area contributed by atoms with Crippen LogP contribution < -0.4 is 10.6 Å². The van der Waals surface area contributed by atoms with Crippen molar-refractivity contribution in [1.82, 2.24) is 24.9 Å². The number of rotatable bonds is 8. The summed E-state index contributed by atoms with van der Waals surface area (Å²) in [6.45, 7) is 5.20. The van der Waals surface area contributed by atoms with Gasteiger partial charge in [-0.1, -0.05) is 47.5 Å². The van der Waals surface area contributed by atoms with Gasteiger partial charge in [0, 0.05) is 36.0 Å². The maximum absolute atomic E-state index is 13.9. The van der Waals surface area contributed by atoms with Gasteiger partial charge in [0.05, 0.1) is 45.1 Å². The Bertz CT molecular complexity index is 1850. The van der Waals surface area contributed by atoms with E-state index in [4.69, 9.17) is 23.2 Å². The average molecular weight is 634 g/mol. The van der Waals surface area contributed by atoms with Crippen LogP contribution in [0.1, 0.15) is 48.7 Å². The molecule has 3 aromatic carbocycles. The summed E-state index contributed by atoms with van der Waals surface area (Å²) in [5, 5.41) is 26.4. The Balaban J connectivity index is 1.38. The molecule has 1 aliphatic rings. The van der Waals surface area contributed by atoms with Gasteiger partial charge in [0.1, 0.15) is 23.4 Å². The number of halogens is 4. The van der Waals surface area contributed by atoms with E-state index in [1.54, 1.807) is 18.2 Å². The van der Waals surface area contributed by atoms with Crippen molar-refractivity contribution in [3.05, 3.63) is 105 Å². The Hall–Kier alpha value is -4.30. The number of hydrogen-bond acceptors (Lipinski definition) is 7. The molecule has 2 aromatic heterocycles. The van der Waals surface area contributed by atoms with Crippen LogP contribution in [0.3, 0.4) is 0 Å². The summed E-state index contributed by atoms with van der Waals surface area (Å²) >= 11 is 12.7. The maximum Gasteiger partial charge on any atom is 0.141 e. The molecule has 0 radical (unpaired) electrons. The molecule has 1 saturated heterocycles. The third-order valence-electron chi connectivity index (χ3n) is 7.95. The third kappa shape index (κ3) is 6.17. The second-order valence-electron chi connectivity index (χ2n) is 10.7. The molecule has 44 heavy (non-hydrogen) atoms. The number of pyridine rings is 1. The average Bonchev–Trinajstić information content (AvgIpc) is 3.52. The lowest BCUT2D eigenvalue weighted by Gasteiger charge is -2.30. The summed E-state index contributed by atoms with van der Waals surface area (Å²) in [6, 6.07) is 15.9. The zero-order valence-corrected chi connectivity index (χ0v) is 25.2. The van der Waals surface area contributed by atoms with Crippen molar-refractivity contribution in [3.8, 4) is 6.07 Å². The van der Waals surface area contributed by atoms with Gasteiger partial charge >= 0.3 is 0 Å². The standard InChI is InChI=1S/C32H28Cl2F2N8/c1-2-43-11-9-24(10-12-43)44-18-29(41-42-44)31(19-3-5-21(35)6-4-19)40-23-13-25-30(39-22-7-8-28(36)26(33)14-22)20(16-37)17-38-32(25)27(34)15-23/h3-8,13-15,17-18,24,31,40H,2,9-12H2,1H3,(H,38,39)/t31-/m1/s1. The van der Waals surface area contributed by atoms with Crippen molar-refractivity contribution in [3.63, 3.8) is 0 Å². The van der Waals surface area contributed by atoms with E-state index in [0.29, 0.717) is 38.7 Å². The molecule has 1 fully saturated rings. The zero-order valence-electron chi connectivity index (χ0n) is 23.7. The lowest BCUT2D eigenvalue weighted by molar-refractivity contribution is 0.186. The van der Waals surface area contributed by atoms with E-state index in [2.05, 4.69) is 43.8 Å². The number of nitriles is 1. The SMILES string of the molecule is CCN1CCC(n2cc([C@H](Nc3cc(Cl)c4ncc(C#N)c(Nc5ccc(F)c(Cl)c5)c4c3)c3ccc(F)cc3)nn2)CC1. The van der Waals surface area contributed by atoms with E-state index in [1.165, 1.54) is 36.5 Å². The molecule has 6 rings (SSSR count). The van der Waals surface area contributed by atoms with E-state index in [9.17, 15) is 14.0 Å². The van der Waals surface area contributed by atoms with Crippen molar-refractivity contribution in [2.75, 3.05) is 30.3 Å². The van der Waals surface area contributed by atoms with Gasteiger partial charge in [0.15, 0.2) is 0 Å². The number of benzene rings is 3. The first kappa shape index (κ1) is 29.8. The predicted molar refractivity (Wildman–Crippen MR) is 168 cm³/mol. The molecular weight excluding hydrogens is 605 g/mol. The van der Waals surface area contributed by atoms with Gasteiger partial charge in [-0.05, 0) is 67.4 Å². The predicted octanol–water partition coefficient (Wildman–Crippen LogP) is 7.88. The molecule has 0 aliphatic carbocycles. The van der Waals surface area contributed by atoms with Crippen molar-refractivity contribution in [2.45, 2.75) is 31.8 Å². The third-order valence-corrected chi connectivity index (χ3v) is 8.53. The van der Waals surface area contributed by atoms with Crippen LogP contribution in [-0.2, 0) is 0 Å². The Morgan fingerprint density at radius 3 is 2.48 bits per heavy atom. The number of piperidine rings is 1. The van der Waals surface area contributed by atoms with Crippen LogP contribution in [0.25, 0.3) is 10.9 Å². The van der Waals surface area contributed by atoms with Crippen LogP contribution >= 0.6 is 23.2 Å². The molecule has 5 aromatic rings. The highest BCUT2D eigenvalue weighted by Gasteiger charge is 2.24. The number of nitrogens with one attached hydrogen (secondary N) is 2. The molecule has 0 spiro atoms. The Kier molecular flexibility index (Phi) is 8.62. The highest BCUT2D eigenvalue weighted by molar-refractivity contribution is 6.36. The normalized spacial score (nSPS) is 14.8. The van der Waals surface area contributed by atoms with Crippen LogP contribution in [0.15, 0.2) is 67.0 Å². The summed E-state index contributed by atoms with van der Waals surface area (Å²) < 4.78 is 29.7. The van der Waals surface area contributed by atoms with Crippen LogP contribution in [-0.4, -0.2) is 44.5 Å². The molecule has 3 heterocycles. The largest absolute Gasteiger partial charge is 0.373 e. The number of hydrogen-bond donors (Lipinski definition) is 2. The van der Waals surface area contributed by atoms with Crippen LogP contribution in [0.4, 0.5) is 25.8 Å². The highest BCUT2D eigenvalue weighted by atomic mass is 35.5. The summed E-state index contributed by atoms with van der Waals surface area (Å²) in [5.41, 5.74) is 3.70. The lowest BCUT2D eigenvalue weighted by Crippen LogP contribution is -2.34. The van der Waals surface area contributed by atoms with Gasteiger partial charge in [-0.3, -0.25) is 4.98 Å². The molecule has 0 unspecified atom stereocenters. The maximum atomic E-state index is 13.9. The molecule has 0 bridgehead atoms. The molecule has 12 heteroatoms. The summed E-state index contributed by atoms with van der Waals surface area (Å²) in [5.74, 6) is -0.902. The van der Waals surface area contributed by atoms with Gasteiger partial charge in [-0.15, -0.1) is 5.10 Å². The van der Waals surface area contributed by atoms with E-state index in [0.717, 1.165) is 38.0 Å². The van der Waals surface area contributed by atoms with Crippen molar-refractivity contribution < 1.29 is 8.78 Å². The summed E-state index contributed by atoms with van der Waals surface area (Å²) in [7, 11) is 0. The van der Waals surface area contributed by atoms with Crippen LogP contribution in [0.2, 0.25) is 10.0 Å². The number of nitrogens with zero attached hydrogens (tertiary/aromatic N) is 6. The first-order valence-electron chi connectivity index (χ1n) is 14.2. The summed E-state index contributed by atoms with van der Waals surface area (Å²) in [4.78, 5) is 6.84. The second-order valence-corrected chi connectivity index (χ2v) is 11.5. The fourth-order valence-corrected chi connectivity index (χ4v) is 5.98. The van der Waals surface area contributed by atoms with Gasteiger partial charge in [0.25, 0.3) is 0 Å². The Morgan fingerprint density at radius 2 is 1.77 bits per heavy atom. The van der Waals surface area contributed by atoms with Crippen molar-refractivity contribution in [1.29, 1.82) is 5.26 Å². The van der Waals surface area contributed by atoms with Crippen molar-refractivity contribution in [2.24, 2.45) is 0 Å². The van der Waals surface area contributed by atoms with E-state index in [-0.39, 0.29) is 22.4 Å². The molecule has 2 N–H and O–H groups in total. The van der Waals surface area contributed by atoms with Gasteiger partial charge in [0.2, 0.25) is 0 Å². The number of aromatic nitrogens is 4. The van der Waals surface area contributed by atoms with Crippen LogP contribution in [0, 0.1) is 23.0 Å². The molecule has 0 saturated carbocycles. The monoisotopic (exact) mass is 632 g/mol. The zero-order chi connectivity index (χ0) is 30.8. The van der Waals surface area contributed by atoms with E-state index < -0.39 is 11.9 Å². The second kappa shape index (κ2) is 12.7. The molecule has 1 aliphatic heterocycles. The number of fused-ring (bicyclic) bond motifs is 1. The fourth-order valence-electron chi connectivity index (χ4n) is 5.53. The minimum atomic E-state index is -0.554. The van der Waals surface area contributed by atoms with E-state index in [1.807, 2.05) is 16.9 Å².